The van der Waals surface area contributed by atoms with Crippen LogP contribution in [0.1, 0.15) is 17.4 Å². The van der Waals surface area contributed by atoms with Crippen molar-refractivity contribution in [1.82, 2.24) is 0 Å². The first-order valence-corrected chi connectivity index (χ1v) is 4.69. The van der Waals surface area contributed by atoms with Crippen molar-refractivity contribution in [3.05, 3.63) is 29.3 Å². The van der Waals surface area contributed by atoms with E-state index in [9.17, 15) is 0 Å². The van der Waals surface area contributed by atoms with Gasteiger partial charge in [0.1, 0.15) is 5.75 Å². The van der Waals surface area contributed by atoms with Crippen molar-refractivity contribution in [2.45, 2.75) is 13.2 Å². The minimum Gasteiger partial charge on any atom is -0.497 e. The van der Waals surface area contributed by atoms with Crippen LogP contribution in [0.3, 0.4) is 0 Å². The first-order chi connectivity index (χ1) is 6.81. The molecular formula is C11H14O3. The number of benzene rings is 1. The number of hydrogen-bond acceptors (Lipinski definition) is 3. The Balaban J connectivity index is 2.25. The molecule has 3 heteroatoms. The smallest absolute Gasteiger partial charge is 0.184 e. The highest BCUT2D eigenvalue weighted by Crippen LogP contribution is 2.28. The highest BCUT2D eigenvalue weighted by Gasteiger charge is 2.19. The Hall–Kier alpha value is -1.06. The molecule has 1 aliphatic rings. The normalized spacial score (nSPS) is 17.3. The lowest BCUT2D eigenvalue weighted by atomic mass is 10.1. The van der Waals surface area contributed by atoms with Crippen molar-refractivity contribution in [2.24, 2.45) is 0 Å². The van der Waals surface area contributed by atoms with Crippen LogP contribution in [-0.4, -0.2) is 20.3 Å². The van der Waals surface area contributed by atoms with E-state index in [2.05, 4.69) is 0 Å². The zero-order chi connectivity index (χ0) is 9.97. The van der Waals surface area contributed by atoms with Crippen LogP contribution in [0.15, 0.2) is 18.2 Å². The summed E-state index contributed by atoms with van der Waals surface area (Å²) in [4.78, 5) is 0. The predicted molar refractivity (Wildman–Crippen MR) is 52.4 cm³/mol. The summed E-state index contributed by atoms with van der Waals surface area (Å²) in [7, 11) is 1.66. The largest absolute Gasteiger partial charge is 0.497 e. The third-order valence-corrected chi connectivity index (χ3v) is 2.35. The van der Waals surface area contributed by atoms with Crippen LogP contribution < -0.4 is 4.74 Å². The van der Waals surface area contributed by atoms with Crippen LogP contribution in [0, 0.1) is 6.92 Å². The topological polar surface area (TPSA) is 27.7 Å². The maximum absolute atomic E-state index is 5.43. The van der Waals surface area contributed by atoms with E-state index >= 15 is 0 Å². The standard InChI is InChI=1S/C11H14O3/c1-8-7-9(12-2)3-4-10(8)11-13-5-6-14-11/h3-4,7,11H,5-6H2,1-2H3. The van der Waals surface area contributed by atoms with Crippen molar-refractivity contribution < 1.29 is 14.2 Å². The molecule has 1 heterocycles. The van der Waals surface area contributed by atoms with Gasteiger partial charge in [0.15, 0.2) is 6.29 Å². The van der Waals surface area contributed by atoms with E-state index in [1.807, 2.05) is 25.1 Å². The van der Waals surface area contributed by atoms with Gasteiger partial charge in [-0.2, -0.15) is 0 Å². The van der Waals surface area contributed by atoms with Crippen molar-refractivity contribution in [3.63, 3.8) is 0 Å². The highest BCUT2D eigenvalue weighted by atomic mass is 16.7. The average molecular weight is 194 g/mol. The second kappa shape index (κ2) is 3.98. The first kappa shape index (κ1) is 9.49. The van der Waals surface area contributed by atoms with Gasteiger partial charge in [-0.25, -0.2) is 0 Å². The molecule has 1 aliphatic heterocycles. The first-order valence-electron chi connectivity index (χ1n) is 4.69. The molecule has 0 atom stereocenters. The van der Waals surface area contributed by atoms with Crippen molar-refractivity contribution >= 4 is 0 Å². The van der Waals surface area contributed by atoms with Gasteiger partial charge in [0, 0.05) is 5.56 Å². The number of rotatable bonds is 2. The van der Waals surface area contributed by atoms with Gasteiger partial charge in [0.25, 0.3) is 0 Å². The molecule has 1 fully saturated rings. The summed E-state index contributed by atoms with van der Waals surface area (Å²) >= 11 is 0. The quantitative estimate of drug-likeness (QED) is 0.721. The Morgan fingerprint density at radius 2 is 2.00 bits per heavy atom. The van der Waals surface area contributed by atoms with Crippen LogP contribution in [0.4, 0.5) is 0 Å². The monoisotopic (exact) mass is 194 g/mol. The van der Waals surface area contributed by atoms with E-state index < -0.39 is 0 Å². The predicted octanol–water partition coefficient (Wildman–Crippen LogP) is 2.05. The van der Waals surface area contributed by atoms with E-state index in [0.717, 1.165) is 16.9 Å². The lowest BCUT2D eigenvalue weighted by molar-refractivity contribution is -0.0445. The lowest BCUT2D eigenvalue weighted by Gasteiger charge is -2.13. The van der Waals surface area contributed by atoms with Crippen LogP contribution in [0.25, 0.3) is 0 Å². The molecule has 0 aliphatic carbocycles. The van der Waals surface area contributed by atoms with Crippen molar-refractivity contribution in [3.8, 4) is 5.75 Å². The Kier molecular flexibility index (Phi) is 2.70. The van der Waals surface area contributed by atoms with Gasteiger partial charge < -0.3 is 14.2 Å². The molecule has 0 spiro atoms. The molecule has 1 aromatic rings. The van der Waals surface area contributed by atoms with Crippen LogP contribution in [-0.2, 0) is 9.47 Å². The molecule has 0 saturated carbocycles. The van der Waals surface area contributed by atoms with Gasteiger partial charge in [-0.3, -0.25) is 0 Å². The maximum atomic E-state index is 5.43. The summed E-state index contributed by atoms with van der Waals surface area (Å²) in [6.07, 6.45) is -0.194. The molecule has 76 valence electrons. The Labute approximate surface area is 83.6 Å². The summed E-state index contributed by atoms with van der Waals surface area (Å²) in [6, 6.07) is 5.90. The average Bonchev–Trinajstić information content (AvgIpc) is 2.70. The minimum atomic E-state index is -0.194. The molecule has 0 N–H and O–H groups in total. The van der Waals surface area contributed by atoms with Crippen molar-refractivity contribution in [1.29, 1.82) is 0 Å². The molecule has 0 unspecified atom stereocenters. The van der Waals surface area contributed by atoms with E-state index in [-0.39, 0.29) is 6.29 Å². The number of methoxy groups -OCH3 is 1. The molecule has 14 heavy (non-hydrogen) atoms. The van der Waals surface area contributed by atoms with Gasteiger partial charge in [-0.1, -0.05) is 6.07 Å². The maximum Gasteiger partial charge on any atom is 0.184 e. The van der Waals surface area contributed by atoms with Crippen LogP contribution >= 0.6 is 0 Å². The lowest BCUT2D eigenvalue weighted by Crippen LogP contribution is -2.00. The van der Waals surface area contributed by atoms with E-state index in [1.54, 1.807) is 7.11 Å². The molecule has 0 bridgehead atoms. The molecule has 1 saturated heterocycles. The molecule has 0 aromatic heterocycles. The fourth-order valence-electron chi connectivity index (χ4n) is 1.58. The molecule has 1 aromatic carbocycles. The summed E-state index contributed by atoms with van der Waals surface area (Å²) in [5.41, 5.74) is 2.22. The highest BCUT2D eigenvalue weighted by molar-refractivity contribution is 5.35. The second-order valence-corrected chi connectivity index (χ2v) is 3.30. The fourth-order valence-corrected chi connectivity index (χ4v) is 1.58. The summed E-state index contributed by atoms with van der Waals surface area (Å²) in [6.45, 7) is 3.38. The van der Waals surface area contributed by atoms with E-state index in [4.69, 9.17) is 14.2 Å². The zero-order valence-electron chi connectivity index (χ0n) is 8.45. The SMILES string of the molecule is COc1ccc(C2OCCO2)c(C)c1. The third kappa shape index (κ3) is 1.74. The van der Waals surface area contributed by atoms with Gasteiger partial charge in [0.05, 0.1) is 20.3 Å². The van der Waals surface area contributed by atoms with Gasteiger partial charge in [-0.05, 0) is 24.6 Å². The Morgan fingerprint density at radius 1 is 1.29 bits per heavy atom. The minimum absolute atomic E-state index is 0.194. The second-order valence-electron chi connectivity index (χ2n) is 3.30. The fraction of sp³-hybridized carbons (Fsp3) is 0.455. The van der Waals surface area contributed by atoms with Gasteiger partial charge in [-0.15, -0.1) is 0 Å². The van der Waals surface area contributed by atoms with E-state index in [0.29, 0.717) is 13.2 Å². The molecule has 3 nitrogen and oxygen atoms in total. The molecular weight excluding hydrogens is 180 g/mol. The van der Waals surface area contributed by atoms with Crippen molar-refractivity contribution in [2.75, 3.05) is 20.3 Å². The Bertz CT molecular complexity index is 316. The Morgan fingerprint density at radius 3 is 2.57 bits per heavy atom. The molecule has 0 amide bonds. The summed E-state index contributed by atoms with van der Waals surface area (Å²) in [5.74, 6) is 0.865. The molecule has 0 radical (unpaired) electrons. The number of hydrogen-bond donors (Lipinski definition) is 0. The van der Waals surface area contributed by atoms with Gasteiger partial charge in [0.2, 0.25) is 0 Å². The molecule has 2 rings (SSSR count). The van der Waals surface area contributed by atoms with Crippen LogP contribution in [0.2, 0.25) is 0 Å². The number of ether oxygens (including phenoxy) is 3. The van der Waals surface area contributed by atoms with E-state index in [1.165, 1.54) is 0 Å². The summed E-state index contributed by atoms with van der Waals surface area (Å²) in [5, 5.41) is 0. The number of aryl methyl sites for hydroxylation is 1. The van der Waals surface area contributed by atoms with Gasteiger partial charge >= 0.3 is 0 Å². The summed E-state index contributed by atoms with van der Waals surface area (Å²) < 4.78 is 16.0. The van der Waals surface area contributed by atoms with Crippen LogP contribution in [0.5, 0.6) is 5.75 Å². The zero-order valence-corrected chi connectivity index (χ0v) is 8.45. The third-order valence-electron chi connectivity index (χ3n) is 2.35.